The Bertz CT molecular complexity index is 673. The van der Waals surface area contributed by atoms with Crippen molar-refractivity contribution in [1.82, 2.24) is 15.7 Å². The van der Waals surface area contributed by atoms with Gasteiger partial charge in [0.25, 0.3) is 0 Å². The van der Waals surface area contributed by atoms with E-state index in [0.29, 0.717) is 11.3 Å². The van der Waals surface area contributed by atoms with Crippen LogP contribution in [0.4, 0.5) is 10.6 Å². The number of amides is 1. The largest absolute Gasteiger partial charge is 0.443 e. The number of nitrogens with one attached hydrogen (secondary N) is 1. The number of rotatable bonds is 3. The molecule has 0 aliphatic carbocycles. The summed E-state index contributed by atoms with van der Waals surface area (Å²) in [5, 5.41) is 11.3. The number of nitrogens with two attached hydrogens (primary N) is 1. The van der Waals surface area contributed by atoms with Gasteiger partial charge in [0.15, 0.2) is 11.5 Å². The van der Waals surface area contributed by atoms with Gasteiger partial charge in [0, 0.05) is 5.56 Å². The number of benzene rings is 1. The van der Waals surface area contributed by atoms with Gasteiger partial charge in [-0.25, -0.2) is 14.8 Å². The number of carbonyl (C=O) groups is 1. The highest BCUT2D eigenvalue weighted by Crippen LogP contribution is 2.13. The van der Waals surface area contributed by atoms with Crippen LogP contribution in [0.1, 0.15) is 32.0 Å². The number of ether oxygens (including phenoxy) is 1. The van der Waals surface area contributed by atoms with Gasteiger partial charge in [0.2, 0.25) is 0 Å². The van der Waals surface area contributed by atoms with Gasteiger partial charge >= 0.3 is 6.09 Å². The van der Waals surface area contributed by atoms with E-state index in [1.807, 2.05) is 18.2 Å². The number of carbonyl (C=O) groups excluding carboxylic acids is 1. The molecule has 0 bridgehead atoms. The Morgan fingerprint density at radius 1 is 1.27 bits per heavy atom. The number of aromatic nitrogens is 2. The molecule has 0 aliphatic heterocycles. The third-order valence-corrected chi connectivity index (χ3v) is 2.44. The summed E-state index contributed by atoms with van der Waals surface area (Å²) < 4.78 is 9.71. The average Bonchev–Trinajstić information content (AvgIpc) is 2.85. The van der Waals surface area contributed by atoms with Gasteiger partial charge in [-0.3, -0.25) is 0 Å². The van der Waals surface area contributed by atoms with Crippen molar-refractivity contribution < 1.29 is 14.2 Å². The van der Waals surface area contributed by atoms with E-state index in [-0.39, 0.29) is 11.5 Å². The molecule has 0 radical (unpaired) electrons. The fraction of sp³-hybridized carbons (Fsp3) is 0.286. The van der Waals surface area contributed by atoms with Crippen LogP contribution in [-0.2, 0) is 4.74 Å². The molecule has 8 heteroatoms. The highest BCUT2D eigenvalue weighted by atomic mass is 16.6. The van der Waals surface area contributed by atoms with Crippen molar-refractivity contribution in [2.75, 3.05) is 5.73 Å². The Morgan fingerprint density at radius 2 is 1.95 bits per heavy atom. The number of nitrogen functional groups attached to an aromatic ring is 1. The summed E-state index contributed by atoms with van der Waals surface area (Å²) in [4.78, 5) is 11.7. The molecule has 1 amide bonds. The average molecular weight is 303 g/mol. The van der Waals surface area contributed by atoms with Crippen molar-refractivity contribution in [3.63, 3.8) is 0 Å². The summed E-state index contributed by atoms with van der Waals surface area (Å²) in [5.41, 5.74) is 8.64. The summed E-state index contributed by atoms with van der Waals surface area (Å²) >= 11 is 0. The molecule has 3 N–H and O–H groups in total. The van der Waals surface area contributed by atoms with Crippen LogP contribution in [0.2, 0.25) is 0 Å². The minimum Gasteiger partial charge on any atom is -0.443 e. The molecule has 8 nitrogen and oxygen atoms in total. The van der Waals surface area contributed by atoms with Crippen LogP contribution >= 0.6 is 0 Å². The fourth-order valence-corrected chi connectivity index (χ4v) is 1.61. The van der Waals surface area contributed by atoms with Crippen LogP contribution in [0.3, 0.4) is 0 Å². The number of hydrogen-bond donors (Lipinski definition) is 2. The second-order valence-corrected chi connectivity index (χ2v) is 5.44. The predicted molar refractivity (Wildman–Crippen MR) is 80.2 cm³/mol. The molecule has 22 heavy (non-hydrogen) atoms. The molecule has 0 saturated heterocycles. The third-order valence-electron chi connectivity index (χ3n) is 2.44. The van der Waals surface area contributed by atoms with E-state index in [1.54, 1.807) is 32.9 Å². The topological polar surface area (TPSA) is 116 Å². The zero-order valence-corrected chi connectivity index (χ0v) is 12.5. The molecule has 1 heterocycles. The van der Waals surface area contributed by atoms with E-state index < -0.39 is 11.7 Å². The lowest BCUT2D eigenvalue weighted by atomic mass is 10.1. The molecular weight excluding hydrogens is 286 g/mol. The van der Waals surface area contributed by atoms with Crippen LogP contribution in [0, 0.1) is 0 Å². The summed E-state index contributed by atoms with van der Waals surface area (Å²) in [6.45, 7) is 5.27. The molecule has 2 aromatic rings. The normalized spacial score (nSPS) is 12.0. The number of hydrogen-bond acceptors (Lipinski definition) is 7. The van der Waals surface area contributed by atoms with E-state index in [1.165, 1.54) is 0 Å². The smallest absolute Gasteiger partial charge is 0.428 e. The first kappa shape index (κ1) is 15.5. The van der Waals surface area contributed by atoms with Crippen LogP contribution in [0.15, 0.2) is 40.1 Å². The minimum absolute atomic E-state index is 0.0774. The maximum absolute atomic E-state index is 11.7. The molecule has 0 atom stereocenters. The van der Waals surface area contributed by atoms with Gasteiger partial charge in [-0.15, -0.1) is 0 Å². The monoisotopic (exact) mass is 303 g/mol. The first-order valence-corrected chi connectivity index (χ1v) is 6.57. The Labute approximate surface area is 127 Å². The molecule has 1 aromatic carbocycles. The van der Waals surface area contributed by atoms with Crippen LogP contribution in [-0.4, -0.2) is 27.7 Å². The fourth-order valence-electron chi connectivity index (χ4n) is 1.61. The molecule has 1 aromatic heterocycles. The number of anilines is 1. The van der Waals surface area contributed by atoms with Crippen LogP contribution in [0.25, 0.3) is 0 Å². The van der Waals surface area contributed by atoms with Gasteiger partial charge in [0.05, 0.1) is 0 Å². The molecule has 0 fully saturated rings. The number of hydrazone groups is 1. The molecular formula is C14H17N5O3. The Kier molecular flexibility index (Phi) is 4.40. The second-order valence-electron chi connectivity index (χ2n) is 5.44. The lowest BCUT2D eigenvalue weighted by molar-refractivity contribution is 0.0529. The van der Waals surface area contributed by atoms with Crippen molar-refractivity contribution in [3.8, 4) is 0 Å². The maximum Gasteiger partial charge on any atom is 0.428 e. The van der Waals surface area contributed by atoms with E-state index in [9.17, 15) is 4.79 Å². The van der Waals surface area contributed by atoms with E-state index in [0.717, 1.165) is 0 Å². The minimum atomic E-state index is -0.684. The second kappa shape index (κ2) is 6.25. The Hall–Kier alpha value is -2.90. The van der Waals surface area contributed by atoms with E-state index in [4.69, 9.17) is 10.5 Å². The van der Waals surface area contributed by atoms with Gasteiger partial charge in [-0.1, -0.05) is 30.3 Å². The van der Waals surface area contributed by atoms with Gasteiger partial charge in [0.1, 0.15) is 11.3 Å². The van der Waals surface area contributed by atoms with Gasteiger partial charge < -0.3 is 10.5 Å². The highest BCUT2D eigenvalue weighted by molar-refractivity contribution is 6.14. The molecule has 116 valence electrons. The van der Waals surface area contributed by atoms with Crippen molar-refractivity contribution in [3.05, 3.63) is 41.6 Å². The molecule has 0 spiro atoms. The third kappa shape index (κ3) is 4.05. The first-order chi connectivity index (χ1) is 10.4. The first-order valence-electron chi connectivity index (χ1n) is 6.57. The predicted octanol–water partition coefficient (Wildman–Crippen LogP) is 1.93. The highest BCUT2D eigenvalue weighted by Gasteiger charge is 2.19. The SMILES string of the molecule is CC(C)(C)OC(=O)NN=C(c1ccccc1)c1nonc1N. The van der Waals surface area contributed by atoms with Crippen molar-refractivity contribution >= 4 is 17.6 Å². The van der Waals surface area contributed by atoms with E-state index in [2.05, 4.69) is 25.5 Å². The Morgan fingerprint density at radius 3 is 2.50 bits per heavy atom. The van der Waals surface area contributed by atoms with Crippen molar-refractivity contribution in [1.29, 1.82) is 0 Å². The van der Waals surface area contributed by atoms with Gasteiger partial charge in [-0.05, 0) is 31.1 Å². The zero-order valence-electron chi connectivity index (χ0n) is 12.5. The molecule has 0 aliphatic rings. The maximum atomic E-state index is 11.7. The zero-order chi connectivity index (χ0) is 16.2. The summed E-state index contributed by atoms with van der Waals surface area (Å²) in [7, 11) is 0. The summed E-state index contributed by atoms with van der Waals surface area (Å²) in [6, 6.07) is 9.09. The number of nitrogens with zero attached hydrogens (tertiary/aromatic N) is 3. The molecule has 2 rings (SSSR count). The quantitative estimate of drug-likeness (QED) is 0.661. The molecule has 0 unspecified atom stereocenters. The lowest BCUT2D eigenvalue weighted by Gasteiger charge is -2.18. The van der Waals surface area contributed by atoms with Crippen LogP contribution < -0.4 is 11.2 Å². The van der Waals surface area contributed by atoms with E-state index >= 15 is 0 Å². The molecule has 0 saturated carbocycles. The Balaban J connectivity index is 2.28. The van der Waals surface area contributed by atoms with Crippen molar-refractivity contribution in [2.24, 2.45) is 5.10 Å². The van der Waals surface area contributed by atoms with Crippen molar-refractivity contribution in [2.45, 2.75) is 26.4 Å². The van der Waals surface area contributed by atoms with Crippen LogP contribution in [0.5, 0.6) is 0 Å². The lowest BCUT2D eigenvalue weighted by Crippen LogP contribution is -2.30. The van der Waals surface area contributed by atoms with Gasteiger partial charge in [-0.2, -0.15) is 5.10 Å². The summed E-state index contributed by atoms with van der Waals surface area (Å²) in [6.07, 6.45) is -0.684. The standard InChI is InChI=1S/C14H17N5O3/c1-14(2,3)21-13(20)17-16-10(9-7-5-4-6-8-9)11-12(15)19-22-18-11/h4-8H,1-3H3,(H2,15,19)(H,17,20). The summed E-state index contributed by atoms with van der Waals surface area (Å²) in [5.74, 6) is 0.0774.